The van der Waals surface area contributed by atoms with Gasteiger partial charge in [0.05, 0.1) is 15.7 Å². The van der Waals surface area contributed by atoms with Crippen molar-refractivity contribution < 1.29 is 13.6 Å². The van der Waals surface area contributed by atoms with Gasteiger partial charge in [-0.25, -0.2) is 14.2 Å². The summed E-state index contributed by atoms with van der Waals surface area (Å²) in [5.41, 5.74) is 1.56. The number of fused-ring (bicyclic) bond motifs is 2. The number of hydrogen-bond donors (Lipinski definition) is 1. The summed E-state index contributed by atoms with van der Waals surface area (Å²) in [6.45, 7) is 1.60. The van der Waals surface area contributed by atoms with Crippen LogP contribution in [0.25, 0.3) is 21.3 Å². The number of benzene rings is 2. The molecule has 1 atom stereocenters. The largest absolute Gasteiger partial charge is 0.420 e. The van der Waals surface area contributed by atoms with E-state index >= 15 is 0 Å². The third kappa shape index (κ3) is 2.70. The molecule has 126 valence electrons. The van der Waals surface area contributed by atoms with Crippen LogP contribution in [0.1, 0.15) is 13.0 Å². The molecular weight excluding hydrogens is 345 g/mol. The van der Waals surface area contributed by atoms with Gasteiger partial charge in [-0.05, 0) is 37.3 Å². The molecule has 0 radical (unpaired) electrons. The molecule has 0 saturated heterocycles. The van der Waals surface area contributed by atoms with E-state index in [2.05, 4.69) is 10.3 Å². The van der Waals surface area contributed by atoms with Crippen molar-refractivity contribution in [2.24, 2.45) is 0 Å². The third-order valence-electron chi connectivity index (χ3n) is 3.87. The maximum Gasteiger partial charge on any atom is 0.420 e. The van der Waals surface area contributed by atoms with E-state index in [9.17, 15) is 14.0 Å². The first-order valence-electron chi connectivity index (χ1n) is 7.50. The summed E-state index contributed by atoms with van der Waals surface area (Å²) < 4.78 is 20.3. The second-order valence-corrected chi connectivity index (χ2v) is 6.53. The molecule has 0 spiro atoms. The SMILES string of the molecule is C[C@H](C(=O)Nc1nc2ccc(F)cc2s1)n1c(=O)oc2ccccc21. The molecule has 8 heteroatoms. The van der Waals surface area contributed by atoms with Gasteiger partial charge in [-0.1, -0.05) is 23.5 Å². The molecule has 0 bridgehead atoms. The van der Waals surface area contributed by atoms with E-state index < -0.39 is 17.7 Å². The lowest BCUT2D eigenvalue weighted by molar-refractivity contribution is -0.118. The minimum Gasteiger partial charge on any atom is -0.408 e. The summed E-state index contributed by atoms with van der Waals surface area (Å²) >= 11 is 1.17. The fourth-order valence-electron chi connectivity index (χ4n) is 2.63. The van der Waals surface area contributed by atoms with Gasteiger partial charge in [-0.3, -0.25) is 9.36 Å². The number of amides is 1. The van der Waals surface area contributed by atoms with Gasteiger partial charge < -0.3 is 9.73 Å². The average molecular weight is 357 g/mol. The van der Waals surface area contributed by atoms with Crippen LogP contribution in [0.2, 0.25) is 0 Å². The van der Waals surface area contributed by atoms with Gasteiger partial charge in [-0.15, -0.1) is 0 Å². The van der Waals surface area contributed by atoms with Gasteiger partial charge in [0.15, 0.2) is 10.7 Å². The Morgan fingerprint density at radius 1 is 1.32 bits per heavy atom. The number of nitrogens with one attached hydrogen (secondary N) is 1. The monoisotopic (exact) mass is 357 g/mol. The maximum atomic E-state index is 13.3. The van der Waals surface area contributed by atoms with E-state index in [0.717, 1.165) is 0 Å². The number of anilines is 1. The summed E-state index contributed by atoms with van der Waals surface area (Å²) in [5, 5.41) is 3.02. The van der Waals surface area contributed by atoms with Crippen molar-refractivity contribution >= 4 is 43.7 Å². The van der Waals surface area contributed by atoms with Crippen LogP contribution < -0.4 is 11.1 Å². The Hall–Kier alpha value is -3.00. The molecule has 0 saturated carbocycles. The number of thiazole rings is 1. The maximum absolute atomic E-state index is 13.3. The quantitative estimate of drug-likeness (QED) is 0.608. The average Bonchev–Trinajstić information content (AvgIpc) is 3.12. The number of carbonyl (C=O) groups excluding carboxylic acids is 1. The minimum absolute atomic E-state index is 0.346. The van der Waals surface area contributed by atoms with E-state index in [1.807, 2.05) is 0 Å². The van der Waals surface area contributed by atoms with Crippen molar-refractivity contribution in [3.8, 4) is 0 Å². The van der Waals surface area contributed by atoms with Crippen molar-refractivity contribution in [3.05, 3.63) is 58.8 Å². The van der Waals surface area contributed by atoms with Crippen molar-refractivity contribution in [2.45, 2.75) is 13.0 Å². The molecule has 0 unspecified atom stereocenters. The number of hydrogen-bond acceptors (Lipinski definition) is 5. The molecule has 2 aromatic carbocycles. The number of aromatic nitrogens is 2. The van der Waals surface area contributed by atoms with E-state index in [1.165, 1.54) is 28.0 Å². The summed E-state index contributed by atoms with van der Waals surface area (Å²) in [7, 11) is 0. The van der Waals surface area contributed by atoms with Crippen LogP contribution in [0, 0.1) is 5.82 Å². The Bertz CT molecular complexity index is 1160. The molecule has 0 aliphatic heterocycles. The molecule has 0 aliphatic rings. The lowest BCUT2D eigenvalue weighted by Crippen LogP contribution is -2.29. The molecule has 1 N–H and O–H groups in total. The Labute approximate surface area is 144 Å². The van der Waals surface area contributed by atoms with Gasteiger partial charge in [0.1, 0.15) is 11.9 Å². The first kappa shape index (κ1) is 15.5. The molecule has 2 aromatic heterocycles. The van der Waals surface area contributed by atoms with Crippen LogP contribution in [0.3, 0.4) is 0 Å². The number of halogens is 1. The Balaban J connectivity index is 1.65. The van der Waals surface area contributed by atoms with E-state index in [-0.39, 0.29) is 5.82 Å². The lowest BCUT2D eigenvalue weighted by Gasteiger charge is -2.11. The van der Waals surface area contributed by atoms with Gasteiger partial charge in [-0.2, -0.15) is 0 Å². The van der Waals surface area contributed by atoms with Crippen molar-refractivity contribution in [2.75, 3.05) is 5.32 Å². The van der Waals surface area contributed by atoms with Crippen LogP contribution in [0.4, 0.5) is 9.52 Å². The highest BCUT2D eigenvalue weighted by Gasteiger charge is 2.22. The van der Waals surface area contributed by atoms with Crippen molar-refractivity contribution in [1.82, 2.24) is 9.55 Å². The zero-order valence-corrected chi connectivity index (χ0v) is 13.8. The number of oxazole rings is 1. The summed E-state index contributed by atoms with van der Waals surface area (Å²) in [6, 6.07) is 10.3. The molecule has 4 rings (SSSR count). The molecule has 25 heavy (non-hydrogen) atoms. The topological polar surface area (TPSA) is 77.1 Å². The molecule has 0 aliphatic carbocycles. The predicted molar refractivity (Wildman–Crippen MR) is 93.4 cm³/mol. The second-order valence-electron chi connectivity index (χ2n) is 5.50. The molecular formula is C17H12FN3O3S. The minimum atomic E-state index is -0.792. The number of rotatable bonds is 3. The van der Waals surface area contributed by atoms with Crippen LogP contribution in [0.15, 0.2) is 51.7 Å². The number of para-hydroxylation sites is 2. The summed E-state index contributed by atoms with van der Waals surface area (Å²) in [6.07, 6.45) is 0. The van der Waals surface area contributed by atoms with Crippen molar-refractivity contribution in [3.63, 3.8) is 0 Å². The highest BCUT2D eigenvalue weighted by atomic mass is 32.1. The van der Waals surface area contributed by atoms with Gasteiger partial charge >= 0.3 is 5.76 Å². The fourth-order valence-corrected chi connectivity index (χ4v) is 3.52. The first-order valence-corrected chi connectivity index (χ1v) is 8.31. The van der Waals surface area contributed by atoms with E-state index in [0.29, 0.717) is 26.4 Å². The lowest BCUT2D eigenvalue weighted by atomic mass is 10.2. The Morgan fingerprint density at radius 3 is 2.96 bits per heavy atom. The zero-order chi connectivity index (χ0) is 17.6. The molecule has 0 fully saturated rings. The predicted octanol–water partition coefficient (Wildman–Crippen LogP) is 3.54. The highest BCUT2D eigenvalue weighted by molar-refractivity contribution is 7.22. The Morgan fingerprint density at radius 2 is 2.12 bits per heavy atom. The van der Waals surface area contributed by atoms with Gasteiger partial charge in [0, 0.05) is 0 Å². The normalized spacial score (nSPS) is 12.6. The summed E-state index contributed by atoms with van der Waals surface area (Å²) in [5.74, 6) is -1.37. The highest BCUT2D eigenvalue weighted by Crippen LogP contribution is 2.27. The van der Waals surface area contributed by atoms with E-state index in [1.54, 1.807) is 37.3 Å². The molecule has 4 aromatic rings. The molecule has 2 heterocycles. The van der Waals surface area contributed by atoms with Crippen molar-refractivity contribution in [1.29, 1.82) is 0 Å². The fraction of sp³-hybridized carbons (Fsp3) is 0.118. The van der Waals surface area contributed by atoms with Crippen LogP contribution in [-0.2, 0) is 4.79 Å². The van der Waals surface area contributed by atoms with Crippen LogP contribution >= 0.6 is 11.3 Å². The molecule has 1 amide bonds. The number of carbonyl (C=O) groups is 1. The van der Waals surface area contributed by atoms with E-state index in [4.69, 9.17) is 4.42 Å². The van der Waals surface area contributed by atoms with Crippen LogP contribution in [0.5, 0.6) is 0 Å². The van der Waals surface area contributed by atoms with Crippen LogP contribution in [-0.4, -0.2) is 15.5 Å². The number of nitrogens with zero attached hydrogens (tertiary/aromatic N) is 2. The van der Waals surface area contributed by atoms with Gasteiger partial charge in [0.25, 0.3) is 0 Å². The standard InChI is InChI=1S/C17H12FN3O3S/c1-9(21-12-4-2-3-5-13(12)24-17(21)23)15(22)20-16-19-11-7-6-10(18)8-14(11)25-16/h2-9H,1H3,(H,19,20,22)/t9-/m1/s1. The zero-order valence-electron chi connectivity index (χ0n) is 13.0. The Kier molecular flexibility index (Phi) is 3.61. The third-order valence-corrected chi connectivity index (χ3v) is 4.80. The van der Waals surface area contributed by atoms with Gasteiger partial charge in [0.2, 0.25) is 5.91 Å². The first-order chi connectivity index (χ1) is 12.0. The second kappa shape index (κ2) is 5.82. The molecule has 6 nitrogen and oxygen atoms in total. The smallest absolute Gasteiger partial charge is 0.408 e. The summed E-state index contributed by atoms with van der Waals surface area (Å²) in [4.78, 5) is 28.9.